The van der Waals surface area contributed by atoms with E-state index in [9.17, 15) is 5.11 Å². The van der Waals surface area contributed by atoms with E-state index in [1.165, 1.54) is 0 Å². The van der Waals surface area contributed by atoms with Gasteiger partial charge in [-0.05, 0) is 25.0 Å². The number of allylic oxidation sites excluding steroid dienone is 2. The van der Waals surface area contributed by atoms with E-state index in [1.54, 1.807) is 6.08 Å². The van der Waals surface area contributed by atoms with Gasteiger partial charge in [-0.1, -0.05) is 36.4 Å². The Kier molecular flexibility index (Phi) is 4.93. The van der Waals surface area contributed by atoms with Crippen LogP contribution in [0, 0.1) is 0 Å². The van der Waals surface area contributed by atoms with E-state index >= 15 is 0 Å². The largest absolute Gasteiger partial charge is 0.475 e. The molecule has 1 aromatic carbocycles. The Morgan fingerprint density at radius 1 is 1.37 bits per heavy atom. The summed E-state index contributed by atoms with van der Waals surface area (Å²) in [5, 5.41) is 10.0. The Balaban J connectivity index is 1.94. The zero-order valence-electron chi connectivity index (χ0n) is 10.9. The van der Waals surface area contributed by atoms with Crippen molar-refractivity contribution in [2.75, 3.05) is 6.61 Å². The lowest BCUT2D eigenvalue weighted by Crippen LogP contribution is -2.23. The number of hydrogen-bond donors (Lipinski definition) is 1. The van der Waals surface area contributed by atoms with Crippen LogP contribution in [0.3, 0.4) is 0 Å². The highest BCUT2D eigenvalue weighted by Crippen LogP contribution is 2.15. The highest BCUT2D eigenvalue weighted by Gasteiger charge is 2.24. The Bertz CT molecular complexity index is 465. The van der Waals surface area contributed by atoms with Crippen LogP contribution in [0.5, 0.6) is 0 Å². The van der Waals surface area contributed by atoms with E-state index in [-0.39, 0.29) is 6.04 Å². The van der Waals surface area contributed by atoms with Crippen molar-refractivity contribution < 1.29 is 9.84 Å². The molecule has 100 valence electrons. The molecule has 2 atom stereocenters. The Hall–Kier alpha value is -1.87. The third kappa shape index (κ3) is 3.80. The Morgan fingerprint density at radius 3 is 2.89 bits per heavy atom. The smallest absolute Gasteiger partial charge is 0.216 e. The summed E-state index contributed by atoms with van der Waals surface area (Å²) in [5.41, 5.74) is 0.952. The van der Waals surface area contributed by atoms with Crippen LogP contribution in [-0.4, -0.2) is 29.8 Å². The molecule has 0 spiro atoms. The maximum absolute atomic E-state index is 10.0. The molecule has 1 heterocycles. The minimum Gasteiger partial charge on any atom is -0.475 e. The molecule has 2 rings (SSSR count). The van der Waals surface area contributed by atoms with Crippen molar-refractivity contribution in [1.29, 1.82) is 0 Å². The van der Waals surface area contributed by atoms with Crippen LogP contribution in [0.4, 0.5) is 0 Å². The summed E-state index contributed by atoms with van der Waals surface area (Å²) in [5.74, 6) is 0.615. The summed E-state index contributed by atoms with van der Waals surface area (Å²) in [6.45, 7) is 4.09. The predicted octanol–water partition coefficient (Wildman–Crippen LogP) is 2.72. The van der Waals surface area contributed by atoms with Gasteiger partial charge >= 0.3 is 0 Å². The molecule has 0 amide bonds. The molecule has 1 aliphatic heterocycles. The highest BCUT2D eigenvalue weighted by molar-refractivity contribution is 5.95. The summed E-state index contributed by atoms with van der Waals surface area (Å²) >= 11 is 0. The fraction of sp³-hybridized carbons (Fsp3) is 0.312. The number of rotatable bonds is 6. The third-order valence-electron chi connectivity index (χ3n) is 2.96. The number of aliphatic hydroxyl groups is 1. The molecule has 0 aliphatic carbocycles. The summed E-state index contributed by atoms with van der Waals surface area (Å²) in [6, 6.07) is 9.53. The Labute approximate surface area is 113 Å². The third-order valence-corrected chi connectivity index (χ3v) is 2.96. The summed E-state index contributed by atoms with van der Waals surface area (Å²) in [4.78, 5) is 4.43. The first-order valence-corrected chi connectivity index (χ1v) is 6.53. The average molecular weight is 257 g/mol. The predicted molar refractivity (Wildman–Crippen MR) is 77.3 cm³/mol. The molecule has 0 aromatic heterocycles. The molecular formula is C16H19NO2. The van der Waals surface area contributed by atoms with Crippen molar-refractivity contribution in [3.05, 3.63) is 60.7 Å². The van der Waals surface area contributed by atoms with Crippen molar-refractivity contribution >= 4 is 5.90 Å². The van der Waals surface area contributed by atoms with Gasteiger partial charge in [-0.2, -0.15) is 0 Å². The molecule has 1 aliphatic rings. The van der Waals surface area contributed by atoms with Gasteiger partial charge in [0.1, 0.15) is 12.6 Å². The molecule has 0 unspecified atom stereocenters. The fourth-order valence-corrected chi connectivity index (χ4v) is 1.88. The quantitative estimate of drug-likeness (QED) is 0.629. The van der Waals surface area contributed by atoms with Gasteiger partial charge in [0.05, 0.1) is 6.10 Å². The van der Waals surface area contributed by atoms with Gasteiger partial charge in [0.2, 0.25) is 5.90 Å². The summed E-state index contributed by atoms with van der Waals surface area (Å²) in [7, 11) is 0. The summed E-state index contributed by atoms with van der Waals surface area (Å²) < 4.78 is 5.54. The number of benzene rings is 1. The van der Waals surface area contributed by atoms with Crippen molar-refractivity contribution in [3.63, 3.8) is 0 Å². The highest BCUT2D eigenvalue weighted by atomic mass is 16.5. The molecule has 1 aromatic rings. The van der Waals surface area contributed by atoms with Crippen LogP contribution < -0.4 is 0 Å². The number of unbranched alkanes of at least 4 members (excludes halogenated alkanes) is 1. The number of hydrogen-bond acceptors (Lipinski definition) is 3. The van der Waals surface area contributed by atoms with E-state index in [0.717, 1.165) is 18.4 Å². The zero-order chi connectivity index (χ0) is 13.5. The van der Waals surface area contributed by atoms with Crippen molar-refractivity contribution in [1.82, 2.24) is 0 Å². The van der Waals surface area contributed by atoms with Gasteiger partial charge in [-0.25, -0.2) is 4.99 Å². The zero-order valence-corrected chi connectivity index (χ0v) is 10.9. The minimum atomic E-state index is -0.592. The minimum absolute atomic E-state index is 0.213. The standard InChI is InChI=1S/C16H19NO2/c1-2-3-4-8-11-15(18)14-12-19-16(17-14)13-9-6-5-7-10-13/h2,5-11,14-15,18H,1,3-4,12H2/b11-8+/t14-,15+/m0/s1. The molecule has 0 bridgehead atoms. The average Bonchev–Trinajstić information content (AvgIpc) is 2.94. The van der Waals surface area contributed by atoms with Crippen molar-refractivity contribution in [2.24, 2.45) is 4.99 Å². The van der Waals surface area contributed by atoms with E-state index in [2.05, 4.69) is 11.6 Å². The molecule has 0 saturated heterocycles. The molecule has 3 nitrogen and oxygen atoms in total. The molecule has 3 heteroatoms. The van der Waals surface area contributed by atoms with Crippen LogP contribution >= 0.6 is 0 Å². The first-order chi connectivity index (χ1) is 9.31. The monoisotopic (exact) mass is 257 g/mol. The molecule has 1 N–H and O–H groups in total. The lowest BCUT2D eigenvalue weighted by atomic mass is 10.1. The van der Waals surface area contributed by atoms with Crippen molar-refractivity contribution in [3.8, 4) is 0 Å². The molecular weight excluding hydrogens is 238 g/mol. The molecule has 0 radical (unpaired) electrons. The van der Waals surface area contributed by atoms with Crippen LogP contribution in [0.15, 0.2) is 60.1 Å². The second kappa shape index (κ2) is 6.90. The summed E-state index contributed by atoms with van der Waals surface area (Å²) in [6.07, 6.45) is 6.83. The number of ether oxygens (including phenoxy) is 1. The van der Waals surface area contributed by atoms with E-state index < -0.39 is 6.10 Å². The van der Waals surface area contributed by atoms with Gasteiger partial charge in [-0.3, -0.25) is 0 Å². The number of nitrogens with zero attached hydrogens (tertiary/aromatic N) is 1. The van der Waals surface area contributed by atoms with Crippen LogP contribution in [0.25, 0.3) is 0 Å². The SMILES string of the molecule is C=CCC/C=C/[C@@H](O)[C@@H]1COC(c2ccccc2)=N1. The molecule has 0 saturated carbocycles. The van der Waals surface area contributed by atoms with Crippen LogP contribution in [0.2, 0.25) is 0 Å². The molecule has 0 fully saturated rings. The van der Waals surface area contributed by atoms with Crippen LogP contribution in [0.1, 0.15) is 18.4 Å². The van der Waals surface area contributed by atoms with E-state index in [4.69, 9.17) is 4.74 Å². The molecule has 19 heavy (non-hydrogen) atoms. The lowest BCUT2D eigenvalue weighted by molar-refractivity contribution is 0.168. The Morgan fingerprint density at radius 2 is 2.16 bits per heavy atom. The second-order valence-electron chi connectivity index (χ2n) is 4.46. The van der Waals surface area contributed by atoms with E-state index in [0.29, 0.717) is 12.5 Å². The first-order valence-electron chi connectivity index (χ1n) is 6.53. The lowest BCUT2D eigenvalue weighted by Gasteiger charge is -2.08. The van der Waals surface area contributed by atoms with Gasteiger partial charge in [-0.15, -0.1) is 6.58 Å². The van der Waals surface area contributed by atoms with Crippen molar-refractivity contribution in [2.45, 2.75) is 25.0 Å². The second-order valence-corrected chi connectivity index (χ2v) is 4.46. The maximum Gasteiger partial charge on any atom is 0.216 e. The van der Waals surface area contributed by atoms with Crippen LogP contribution in [-0.2, 0) is 4.74 Å². The number of aliphatic imine (C=N–C) groups is 1. The van der Waals surface area contributed by atoms with Gasteiger partial charge in [0, 0.05) is 5.56 Å². The normalized spacial score (nSPS) is 20.1. The topological polar surface area (TPSA) is 41.8 Å². The first kappa shape index (κ1) is 13.6. The fourth-order valence-electron chi connectivity index (χ4n) is 1.88. The van der Waals surface area contributed by atoms with E-state index in [1.807, 2.05) is 42.5 Å². The van der Waals surface area contributed by atoms with Gasteiger partial charge in [0.25, 0.3) is 0 Å². The maximum atomic E-state index is 10.0. The van der Waals surface area contributed by atoms with Gasteiger partial charge in [0.15, 0.2) is 0 Å². The number of aliphatic hydroxyl groups excluding tert-OH is 1. The van der Waals surface area contributed by atoms with Gasteiger partial charge < -0.3 is 9.84 Å².